The van der Waals surface area contributed by atoms with Gasteiger partial charge in [0.1, 0.15) is 11.2 Å². The molecule has 1 saturated heterocycles. The van der Waals surface area contributed by atoms with Crippen molar-refractivity contribution < 1.29 is 17.9 Å². The van der Waals surface area contributed by atoms with Crippen LogP contribution in [0.2, 0.25) is 0 Å². The molecule has 0 amide bonds. The Kier molecular flexibility index (Phi) is 7.05. The van der Waals surface area contributed by atoms with E-state index in [1.807, 2.05) is 43.3 Å². The first-order valence-corrected chi connectivity index (χ1v) is 13.5. The maximum absolute atomic E-state index is 13.6. The number of aromatic nitrogens is 2. The first-order chi connectivity index (χ1) is 16.7. The number of methoxy groups -OCH3 is 1. The van der Waals surface area contributed by atoms with Crippen LogP contribution in [-0.4, -0.2) is 55.2 Å². The van der Waals surface area contributed by atoms with Crippen LogP contribution < -0.4 is 4.74 Å². The average molecular weight is 494 g/mol. The highest BCUT2D eigenvalue weighted by Gasteiger charge is 2.45. The smallest absolute Gasteiger partial charge is 0.238 e. The monoisotopic (exact) mass is 493 g/mol. The van der Waals surface area contributed by atoms with E-state index in [9.17, 15) is 13.2 Å². The van der Waals surface area contributed by atoms with Gasteiger partial charge in [-0.1, -0.05) is 48.5 Å². The highest BCUT2D eigenvalue weighted by molar-refractivity contribution is 7.88. The number of aryl methyl sites for hydroxylation is 1. The molecule has 1 aromatic heterocycles. The van der Waals surface area contributed by atoms with Gasteiger partial charge < -0.3 is 4.74 Å². The zero-order valence-corrected chi connectivity index (χ0v) is 21.4. The number of sulfonamides is 1. The fourth-order valence-electron chi connectivity index (χ4n) is 5.31. The molecule has 2 aromatic carbocycles. The molecule has 8 heteroatoms. The number of rotatable bonds is 7. The fourth-order valence-corrected chi connectivity index (χ4v) is 6.19. The number of ether oxygens (including phenoxy) is 1. The molecule has 1 atom stereocenters. The molecule has 184 valence electrons. The molecule has 35 heavy (non-hydrogen) atoms. The summed E-state index contributed by atoms with van der Waals surface area (Å²) in [6.07, 6.45) is 4.38. The molecule has 3 aromatic rings. The van der Waals surface area contributed by atoms with E-state index in [1.54, 1.807) is 23.5 Å². The van der Waals surface area contributed by atoms with E-state index in [0.717, 1.165) is 35.1 Å². The fraction of sp³-hybridized carbons (Fsp3) is 0.370. The van der Waals surface area contributed by atoms with Gasteiger partial charge in [-0.3, -0.25) is 4.79 Å². The lowest BCUT2D eigenvalue weighted by molar-refractivity contribution is -0.120. The minimum Gasteiger partial charge on any atom is -0.480 e. The normalized spacial score (nSPS) is 17.0. The molecule has 0 N–H and O–H groups in total. The van der Waals surface area contributed by atoms with Gasteiger partial charge in [0.2, 0.25) is 15.9 Å². The van der Waals surface area contributed by atoms with Gasteiger partial charge >= 0.3 is 0 Å². The lowest BCUT2D eigenvalue weighted by Gasteiger charge is -2.35. The number of ketones is 1. The topological polar surface area (TPSA) is 89.5 Å². The van der Waals surface area contributed by atoms with Crippen molar-refractivity contribution >= 4 is 15.8 Å². The van der Waals surface area contributed by atoms with Crippen molar-refractivity contribution in [3.8, 4) is 5.88 Å². The van der Waals surface area contributed by atoms with Gasteiger partial charge in [0.25, 0.3) is 0 Å². The lowest BCUT2D eigenvalue weighted by Crippen LogP contribution is -2.38. The maximum Gasteiger partial charge on any atom is 0.238 e. The Bertz CT molecular complexity index is 1320. The summed E-state index contributed by atoms with van der Waals surface area (Å²) in [5, 5.41) is 8.13. The Morgan fingerprint density at radius 3 is 2.26 bits per heavy atom. The van der Waals surface area contributed by atoms with E-state index in [0.29, 0.717) is 24.5 Å². The van der Waals surface area contributed by atoms with Crippen molar-refractivity contribution in [3.63, 3.8) is 0 Å². The number of hydrogen-bond acceptors (Lipinski definition) is 6. The molecular weight excluding hydrogens is 462 g/mol. The van der Waals surface area contributed by atoms with Crippen LogP contribution in [0.5, 0.6) is 5.88 Å². The SMILES string of the molecule is COc1nnccc1[C@@](C(C)=O)(c1ccc(C2CCN(S(C)(=O)=O)CC2)cc1)c1ccccc1C. The summed E-state index contributed by atoms with van der Waals surface area (Å²) in [5.41, 5.74) is 3.34. The van der Waals surface area contributed by atoms with E-state index in [1.165, 1.54) is 13.4 Å². The van der Waals surface area contributed by atoms with Crippen LogP contribution in [0, 0.1) is 6.92 Å². The Morgan fingerprint density at radius 2 is 1.69 bits per heavy atom. The largest absolute Gasteiger partial charge is 0.480 e. The quantitative estimate of drug-likeness (QED) is 0.497. The van der Waals surface area contributed by atoms with E-state index < -0.39 is 15.4 Å². The Labute approximate surface area is 207 Å². The molecule has 0 saturated carbocycles. The number of carbonyl (C=O) groups excluding carboxylic acids is 1. The van der Waals surface area contributed by atoms with E-state index >= 15 is 0 Å². The maximum atomic E-state index is 13.6. The predicted molar refractivity (Wildman–Crippen MR) is 135 cm³/mol. The van der Waals surface area contributed by atoms with Crippen molar-refractivity contribution in [3.05, 3.63) is 88.6 Å². The Morgan fingerprint density at radius 1 is 1.03 bits per heavy atom. The molecule has 0 radical (unpaired) electrons. The summed E-state index contributed by atoms with van der Waals surface area (Å²) in [7, 11) is -1.64. The molecule has 2 heterocycles. The van der Waals surface area contributed by atoms with Gasteiger partial charge in [-0.2, -0.15) is 5.10 Å². The van der Waals surface area contributed by atoms with Crippen molar-refractivity contribution in [2.24, 2.45) is 0 Å². The molecule has 0 spiro atoms. The van der Waals surface area contributed by atoms with Gasteiger partial charge in [0.15, 0.2) is 0 Å². The first kappa shape index (κ1) is 25.0. The molecule has 1 aliphatic rings. The van der Waals surface area contributed by atoms with Crippen molar-refractivity contribution in [2.45, 2.75) is 38.0 Å². The summed E-state index contributed by atoms with van der Waals surface area (Å²) in [5.74, 6) is 0.528. The molecule has 1 fully saturated rings. The standard InChI is InChI=1S/C27H31N3O4S/c1-19-7-5-6-8-24(19)27(20(2)31,25-13-16-28-29-26(25)34-3)23-11-9-21(10-12-23)22-14-17-30(18-15-22)35(4,32)33/h5-13,16,22H,14-15,17-18H2,1-4H3/t27-/m0/s1. The Hall–Kier alpha value is -3.10. The summed E-state index contributed by atoms with van der Waals surface area (Å²) in [6, 6.07) is 17.8. The lowest BCUT2D eigenvalue weighted by atomic mass is 9.66. The van der Waals surface area contributed by atoms with Gasteiger partial charge in [0.05, 0.1) is 19.6 Å². The molecule has 0 bridgehead atoms. The van der Waals surface area contributed by atoms with E-state index in [4.69, 9.17) is 4.74 Å². The van der Waals surface area contributed by atoms with Crippen LogP contribution in [0.1, 0.15) is 53.5 Å². The predicted octanol–water partition coefficient (Wildman–Crippen LogP) is 3.86. The van der Waals surface area contributed by atoms with Gasteiger partial charge in [-0.15, -0.1) is 5.10 Å². The summed E-state index contributed by atoms with van der Waals surface area (Å²) < 4.78 is 30.8. The van der Waals surface area contributed by atoms with Gasteiger partial charge in [0, 0.05) is 18.7 Å². The van der Waals surface area contributed by atoms with Crippen LogP contribution >= 0.6 is 0 Å². The van der Waals surface area contributed by atoms with Crippen molar-refractivity contribution in [2.75, 3.05) is 26.5 Å². The molecule has 0 unspecified atom stereocenters. The minimum absolute atomic E-state index is 0.0488. The second kappa shape index (κ2) is 9.87. The van der Waals surface area contributed by atoms with Crippen LogP contribution in [0.15, 0.2) is 60.8 Å². The highest BCUT2D eigenvalue weighted by Crippen LogP contribution is 2.45. The van der Waals surface area contributed by atoms with Gasteiger partial charge in [-0.25, -0.2) is 12.7 Å². The number of hydrogen-bond donors (Lipinski definition) is 0. The number of nitrogens with zero attached hydrogens (tertiary/aromatic N) is 3. The second-order valence-corrected chi connectivity index (χ2v) is 11.1. The molecule has 7 nitrogen and oxygen atoms in total. The third-order valence-corrected chi connectivity index (χ3v) is 8.40. The van der Waals surface area contributed by atoms with Crippen LogP contribution in [0.25, 0.3) is 0 Å². The third-order valence-electron chi connectivity index (χ3n) is 7.10. The first-order valence-electron chi connectivity index (χ1n) is 11.7. The van der Waals surface area contributed by atoms with Crippen LogP contribution in [0.3, 0.4) is 0 Å². The Balaban J connectivity index is 1.81. The van der Waals surface area contributed by atoms with E-state index in [-0.39, 0.29) is 11.7 Å². The zero-order valence-electron chi connectivity index (χ0n) is 20.6. The van der Waals surface area contributed by atoms with Crippen LogP contribution in [-0.2, 0) is 20.2 Å². The summed E-state index contributed by atoms with van der Waals surface area (Å²) in [6.45, 7) is 4.64. The zero-order chi connectivity index (χ0) is 25.2. The van der Waals surface area contributed by atoms with Crippen LogP contribution in [0.4, 0.5) is 0 Å². The molecular formula is C27H31N3O4S. The molecule has 1 aliphatic heterocycles. The average Bonchev–Trinajstić information content (AvgIpc) is 2.85. The summed E-state index contributed by atoms with van der Waals surface area (Å²) in [4.78, 5) is 13.6. The van der Waals surface area contributed by atoms with Crippen molar-refractivity contribution in [1.82, 2.24) is 14.5 Å². The molecule has 0 aliphatic carbocycles. The number of piperidine rings is 1. The molecule has 4 rings (SSSR count). The minimum atomic E-state index is -3.17. The highest BCUT2D eigenvalue weighted by atomic mass is 32.2. The van der Waals surface area contributed by atoms with Gasteiger partial charge in [-0.05, 0) is 60.9 Å². The summed E-state index contributed by atoms with van der Waals surface area (Å²) >= 11 is 0. The van der Waals surface area contributed by atoms with Crippen molar-refractivity contribution in [1.29, 1.82) is 0 Å². The number of carbonyl (C=O) groups is 1. The second-order valence-electron chi connectivity index (χ2n) is 9.13. The number of Topliss-reactive ketones (excluding diaryl/α,β-unsaturated/α-hetero) is 1. The third kappa shape index (κ3) is 4.60. The van der Waals surface area contributed by atoms with E-state index in [2.05, 4.69) is 22.3 Å². The number of benzene rings is 2.